The molecule has 0 radical (unpaired) electrons. The summed E-state index contributed by atoms with van der Waals surface area (Å²) in [5, 5.41) is 2.57. The first-order chi connectivity index (χ1) is 9.72. The van der Waals surface area contributed by atoms with Gasteiger partial charge in [0.05, 0.1) is 0 Å². The minimum atomic E-state index is -0.143. The molecule has 1 aliphatic heterocycles. The fourth-order valence-electron chi connectivity index (χ4n) is 2.97. The average Bonchev–Trinajstić information content (AvgIpc) is 2.48. The quantitative estimate of drug-likeness (QED) is 0.930. The van der Waals surface area contributed by atoms with Gasteiger partial charge in [-0.05, 0) is 48.3 Å². The number of amides is 1. The Kier molecular flexibility index (Phi) is 3.70. The van der Waals surface area contributed by atoms with Gasteiger partial charge in [0.15, 0.2) is 0 Å². The Labute approximate surface area is 119 Å². The molecule has 3 rings (SSSR count). The lowest BCUT2D eigenvalue weighted by molar-refractivity contribution is -0.123. The maximum Gasteiger partial charge on any atom is 0.220 e. The van der Waals surface area contributed by atoms with Gasteiger partial charge in [-0.25, -0.2) is 0 Å². The maximum atomic E-state index is 11.2. The second kappa shape index (κ2) is 5.63. The Hall–Kier alpha value is -1.87. The maximum absolute atomic E-state index is 11.2. The summed E-state index contributed by atoms with van der Waals surface area (Å²) in [7, 11) is 0. The predicted molar refractivity (Wildman–Crippen MR) is 81.1 cm³/mol. The van der Waals surface area contributed by atoms with E-state index in [2.05, 4.69) is 47.4 Å². The first-order valence-electron chi connectivity index (χ1n) is 7.22. The number of carbonyl (C=O) groups excluding carboxylic acids is 1. The van der Waals surface area contributed by atoms with E-state index in [1.165, 1.54) is 16.3 Å². The van der Waals surface area contributed by atoms with E-state index in [-0.39, 0.29) is 11.8 Å². The van der Waals surface area contributed by atoms with Crippen LogP contribution >= 0.6 is 0 Å². The summed E-state index contributed by atoms with van der Waals surface area (Å²) in [4.78, 5) is 13.6. The molecule has 2 N–H and O–H groups in total. The first kappa shape index (κ1) is 13.1. The summed E-state index contributed by atoms with van der Waals surface area (Å²) >= 11 is 0. The summed E-state index contributed by atoms with van der Waals surface area (Å²) in [5.41, 5.74) is 6.70. The van der Waals surface area contributed by atoms with Crippen molar-refractivity contribution in [3.8, 4) is 0 Å². The van der Waals surface area contributed by atoms with Gasteiger partial charge in [-0.3, -0.25) is 9.69 Å². The zero-order valence-electron chi connectivity index (χ0n) is 11.6. The molecule has 0 unspecified atom stereocenters. The fraction of sp³-hybridized carbons (Fsp3) is 0.353. The molecular formula is C17H20N2O. The Morgan fingerprint density at radius 3 is 2.50 bits per heavy atom. The molecule has 1 aliphatic rings. The van der Waals surface area contributed by atoms with Crippen LogP contribution in [0.5, 0.6) is 0 Å². The van der Waals surface area contributed by atoms with Crippen molar-refractivity contribution in [2.45, 2.75) is 19.4 Å². The molecule has 0 spiro atoms. The largest absolute Gasteiger partial charge is 0.369 e. The van der Waals surface area contributed by atoms with Gasteiger partial charge < -0.3 is 5.73 Å². The number of nitrogens with zero attached hydrogens (tertiary/aromatic N) is 1. The number of likely N-dealkylation sites (tertiary alicyclic amines) is 1. The molecule has 20 heavy (non-hydrogen) atoms. The molecule has 0 aliphatic carbocycles. The number of benzene rings is 2. The molecule has 3 heteroatoms. The number of hydrogen-bond acceptors (Lipinski definition) is 2. The van der Waals surface area contributed by atoms with E-state index in [0.717, 1.165) is 32.5 Å². The van der Waals surface area contributed by atoms with Gasteiger partial charge in [-0.15, -0.1) is 0 Å². The van der Waals surface area contributed by atoms with E-state index in [9.17, 15) is 4.79 Å². The summed E-state index contributed by atoms with van der Waals surface area (Å²) in [6.07, 6.45) is 1.78. The number of primary amides is 1. The molecule has 1 saturated heterocycles. The SMILES string of the molecule is NC(=O)C1CCN(Cc2ccc3ccccc3c2)CC1. The highest BCUT2D eigenvalue weighted by Gasteiger charge is 2.22. The number of carbonyl (C=O) groups is 1. The van der Waals surface area contributed by atoms with Crippen LogP contribution in [0, 0.1) is 5.92 Å². The summed E-state index contributed by atoms with van der Waals surface area (Å²) in [6, 6.07) is 15.1. The second-order valence-electron chi connectivity index (χ2n) is 5.63. The molecule has 2 aromatic carbocycles. The van der Waals surface area contributed by atoms with Crippen LogP contribution in [0.25, 0.3) is 10.8 Å². The fourth-order valence-corrected chi connectivity index (χ4v) is 2.97. The van der Waals surface area contributed by atoms with Crippen LogP contribution < -0.4 is 5.73 Å². The molecule has 3 nitrogen and oxygen atoms in total. The molecule has 0 atom stereocenters. The normalized spacial score (nSPS) is 17.4. The van der Waals surface area contributed by atoms with Gasteiger partial charge >= 0.3 is 0 Å². The number of hydrogen-bond donors (Lipinski definition) is 1. The molecule has 0 bridgehead atoms. The number of nitrogens with two attached hydrogens (primary N) is 1. The minimum Gasteiger partial charge on any atom is -0.369 e. The van der Waals surface area contributed by atoms with Crippen molar-refractivity contribution in [1.82, 2.24) is 4.90 Å². The third-order valence-electron chi connectivity index (χ3n) is 4.21. The first-order valence-corrected chi connectivity index (χ1v) is 7.22. The smallest absolute Gasteiger partial charge is 0.220 e. The van der Waals surface area contributed by atoms with Crippen LogP contribution in [0.15, 0.2) is 42.5 Å². The second-order valence-corrected chi connectivity index (χ2v) is 5.63. The molecule has 1 heterocycles. The Balaban J connectivity index is 1.66. The van der Waals surface area contributed by atoms with Crippen molar-refractivity contribution in [2.24, 2.45) is 11.7 Å². The number of piperidine rings is 1. The van der Waals surface area contributed by atoms with Gasteiger partial charge in [0.1, 0.15) is 0 Å². The van der Waals surface area contributed by atoms with Crippen molar-refractivity contribution in [2.75, 3.05) is 13.1 Å². The Morgan fingerprint density at radius 2 is 1.80 bits per heavy atom. The van der Waals surface area contributed by atoms with Crippen LogP contribution in [0.1, 0.15) is 18.4 Å². The lowest BCUT2D eigenvalue weighted by Crippen LogP contribution is -2.38. The van der Waals surface area contributed by atoms with Crippen molar-refractivity contribution in [3.63, 3.8) is 0 Å². The van der Waals surface area contributed by atoms with Crippen LogP contribution in [0.3, 0.4) is 0 Å². The monoisotopic (exact) mass is 268 g/mol. The van der Waals surface area contributed by atoms with E-state index in [0.29, 0.717) is 0 Å². The average molecular weight is 268 g/mol. The van der Waals surface area contributed by atoms with E-state index in [4.69, 9.17) is 5.73 Å². The van der Waals surface area contributed by atoms with Crippen LogP contribution in [-0.4, -0.2) is 23.9 Å². The summed E-state index contributed by atoms with van der Waals surface area (Å²) < 4.78 is 0. The zero-order chi connectivity index (χ0) is 13.9. The van der Waals surface area contributed by atoms with E-state index in [1.807, 2.05) is 0 Å². The van der Waals surface area contributed by atoms with Crippen molar-refractivity contribution in [3.05, 3.63) is 48.0 Å². The predicted octanol–water partition coefficient (Wildman–Crippen LogP) is 2.54. The third kappa shape index (κ3) is 2.83. The van der Waals surface area contributed by atoms with Crippen molar-refractivity contribution >= 4 is 16.7 Å². The van der Waals surface area contributed by atoms with E-state index in [1.54, 1.807) is 0 Å². The van der Waals surface area contributed by atoms with E-state index < -0.39 is 0 Å². The van der Waals surface area contributed by atoms with Crippen LogP contribution in [0.4, 0.5) is 0 Å². The lowest BCUT2D eigenvalue weighted by Gasteiger charge is -2.30. The Bertz CT molecular complexity index is 615. The topological polar surface area (TPSA) is 46.3 Å². The molecule has 1 amide bonds. The molecule has 2 aromatic rings. The molecular weight excluding hydrogens is 248 g/mol. The molecule has 1 fully saturated rings. The van der Waals surface area contributed by atoms with E-state index >= 15 is 0 Å². The summed E-state index contributed by atoms with van der Waals surface area (Å²) in [5.74, 6) is -0.0711. The number of fused-ring (bicyclic) bond motifs is 1. The molecule has 104 valence electrons. The highest BCUT2D eigenvalue weighted by Crippen LogP contribution is 2.21. The van der Waals surface area contributed by atoms with Gasteiger partial charge in [0, 0.05) is 12.5 Å². The summed E-state index contributed by atoms with van der Waals surface area (Å²) in [6.45, 7) is 2.87. The number of rotatable bonds is 3. The highest BCUT2D eigenvalue weighted by atomic mass is 16.1. The highest BCUT2D eigenvalue weighted by molar-refractivity contribution is 5.83. The van der Waals surface area contributed by atoms with Gasteiger partial charge in [-0.2, -0.15) is 0 Å². The van der Waals surface area contributed by atoms with Gasteiger partial charge in [0.25, 0.3) is 0 Å². The van der Waals surface area contributed by atoms with Crippen molar-refractivity contribution in [1.29, 1.82) is 0 Å². The van der Waals surface area contributed by atoms with Gasteiger partial charge in [-0.1, -0.05) is 36.4 Å². The zero-order valence-corrected chi connectivity index (χ0v) is 11.6. The third-order valence-corrected chi connectivity index (χ3v) is 4.21. The van der Waals surface area contributed by atoms with Crippen LogP contribution in [0.2, 0.25) is 0 Å². The lowest BCUT2D eigenvalue weighted by atomic mass is 9.96. The van der Waals surface area contributed by atoms with Crippen LogP contribution in [-0.2, 0) is 11.3 Å². The standard InChI is InChI=1S/C17H20N2O/c18-17(20)15-7-9-19(10-8-15)12-13-5-6-14-3-1-2-4-16(14)11-13/h1-6,11,15H,7-10,12H2,(H2,18,20). The molecule has 0 saturated carbocycles. The van der Waals surface area contributed by atoms with Gasteiger partial charge in [0.2, 0.25) is 5.91 Å². The Morgan fingerprint density at radius 1 is 1.10 bits per heavy atom. The van der Waals surface area contributed by atoms with Crippen molar-refractivity contribution < 1.29 is 4.79 Å². The molecule has 0 aromatic heterocycles. The minimum absolute atomic E-state index is 0.0721.